The SMILES string of the molecule is CO[C@H](C)C(=O)N[C@H](C[S@](C)=O)c1ccccc1. The zero-order valence-electron chi connectivity index (χ0n) is 10.9. The van der Waals surface area contributed by atoms with Crippen LogP contribution in [0.5, 0.6) is 0 Å². The highest BCUT2D eigenvalue weighted by molar-refractivity contribution is 7.84. The number of methoxy groups -OCH3 is 1. The summed E-state index contributed by atoms with van der Waals surface area (Å²) in [5.74, 6) is 0.198. The van der Waals surface area contributed by atoms with Gasteiger partial charge in [-0.2, -0.15) is 0 Å². The number of rotatable bonds is 6. The first-order valence-corrected chi connectivity index (χ1v) is 7.45. The van der Waals surface area contributed by atoms with Gasteiger partial charge in [0, 0.05) is 29.9 Å². The van der Waals surface area contributed by atoms with E-state index in [-0.39, 0.29) is 11.9 Å². The number of carbonyl (C=O) groups is 1. The lowest BCUT2D eigenvalue weighted by molar-refractivity contribution is -0.130. The lowest BCUT2D eigenvalue weighted by Crippen LogP contribution is -2.38. The number of ether oxygens (including phenoxy) is 1. The molecule has 0 radical (unpaired) electrons. The molecule has 3 atom stereocenters. The van der Waals surface area contributed by atoms with E-state index in [2.05, 4.69) is 5.32 Å². The van der Waals surface area contributed by atoms with Crippen LogP contribution in [0.2, 0.25) is 0 Å². The monoisotopic (exact) mass is 269 g/mol. The lowest BCUT2D eigenvalue weighted by Gasteiger charge is -2.20. The third-order valence-corrected chi connectivity index (χ3v) is 3.45. The van der Waals surface area contributed by atoms with Crippen molar-refractivity contribution in [2.45, 2.75) is 19.1 Å². The summed E-state index contributed by atoms with van der Waals surface area (Å²) in [5, 5.41) is 2.86. The van der Waals surface area contributed by atoms with Crippen LogP contribution in [0, 0.1) is 0 Å². The van der Waals surface area contributed by atoms with Gasteiger partial charge in [-0.25, -0.2) is 0 Å². The zero-order chi connectivity index (χ0) is 13.5. The number of hydrogen-bond acceptors (Lipinski definition) is 3. The van der Waals surface area contributed by atoms with E-state index in [1.165, 1.54) is 7.11 Å². The molecule has 0 heterocycles. The second-order valence-corrected chi connectivity index (χ2v) is 5.57. The highest BCUT2D eigenvalue weighted by Gasteiger charge is 2.19. The van der Waals surface area contributed by atoms with Gasteiger partial charge in [-0.15, -0.1) is 0 Å². The Morgan fingerprint density at radius 3 is 2.50 bits per heavy atom. The summed E-state index contributed by atoms with van der Waals surface area (Å²) >= 11 is 0. The number of amides is 1. The Labute approximate surface area is 110 Å². The molecule has 1 amide bonds. The van der Waals surface area contributed by atoms with E-state index in [1.54, 1.807) is 13.2 Å². The molecule has 1 N–H and O–H groups in total. The zero-order valence-corrected chi connectivity index (χ0v) is 11.7. The van der Waals surface area contributed by atoms with Crippen LogP contribution in [0.4, 0.5) is 0 Å². The number of carbonyl (C=O) groups excluding carboxylic acids is 1. The van der Waals surface area contributed by atoms with Gasteiger partial charge in [-0.05, 0) is 12.5 Å². The Bertz CT molecular complexity index is 408. The van der Waals surface area contributed by atoms with Crippen LogP contribution in [-0.4, -0.2) is 35.3 Å². The van der Waals surface area contributed by atoms with Crippen LogP contribution in [-0.2, 0) is 20.3 Å². The van der Waals surface area contributed by atoms with E-state index >= 15 is 0 Å². The Hall–Kier alpha value is -1.20. The fourth-order valence-electron chi connectivity index (χ4n) is 1.54. The maximum atomic E-state index is 11.8. The van der Waals surface area contributed by atoms with Crippen LogP contribution in [0.25, 0.3) is 0 Å². The summed E-state index contributed by atoms with van der Waals surface area (Å²) in [5.41, 5.74) is 0.948. The first-order chi connectivity index (χ1) is 8.54. The highest BCUT2D eigenvalue weighted by atomic mass is 32.2. The Morgan fingerprint density at radius 2 is 2.00 bits per heavy atom. The minimum Gasteiger partial charge on any atom is -0.372 e. The second-order valence-electron chi connectivity index (χ2n) is 4.09. The summed E-state index contributed by atoms with van der Waals surface area (Å²) in [6, 6.07) is 9.27. The molecule has 18 heavy (non-hydrogen) atoms. The first kappa shape index (κ1) is 14.9. The van der Waals surface area contributed by atoms with Gasteiger partial charge in [0.1, 0.15) is 6.10 Å². The standard InChI is InChI=1S/C13H19NO3S/c1-10(17-2)13(15)14-12(9-18(3)16)11-7-5-4-6-8-11/h4-8,10,12H,9H2,1-3H3,(H,14,15)/t10-,12-,18+/m1/s1. The van der Waals surface area contributed by atoms with Crippen molar-refractivity contribution in [2.24, 2.45) is 0 Å². The Morgan fingerprint density at radius 1 is 1.39 bits per heavy atom. The van der Waals surface area contributed by atoms with Crippen molar-refractivity contribution in [3.05, 3.63) is 35.9 Å². The van der Waals surface area contributed by atoms with Crippen LogP contribution in [0.15, 0.2) is 30.3 Å². The van der Waals surface area contributed by atoms with Gasteiger partial charge in [-0.1, -0.05) is 30.3 Å². The van der Waals surface area contributed by atoms with E-state index in [9.17, 15) is 9.00 Å². The molecule has 0 bridgehead atoms. The van der Waals surface area contributed by atoms with Crippen LogP contribution >= 0.6 is 0 Å². The topological polar surface area (TPSA) is 55.4 Å². The van der Waals surface area contributed by atoms with Crippen molar-refractivity contribution >= 4 is 16.7 Å². The van der Waals surface area contributed by atoms with E-state index in [0.717, 1.165) is 5.56 Å². The van der Waals surface area contributed by atoms with Crippen molar-refractivity contribution in [1.29, 1.82) is 0 Å². The van der Waals surface area contributed by atoms with Crippen molar-refractivity contribution in [2.75, 3.05) is 19.1 Å². The smallest absolute Gasteiger partial charge is 0.249 e. The first-order valence-electron chi connectivity index (χ1n) is 5.72. The number of benzene rings is 1. The molecule has 0 aliphatic heterocycles. The minimum absolute atomic E-state index is 0.197. The molecule has 0 aromatic heterocycles. The fourth-order valence-corrected chi connectivity index (χ4v) is 2.28. The van der Waals surface area contributed by atoms with E-state index < -0.39 is 16.9 Å². The Balaban J connectivity index is 2.80. The molecule has 0 fully saturated rings. The van der Waals surface area contributed by atoms with E-state index in [1.807, 2.05) is 30.3 Å². The average Bonchev–Trinajstić information content (AvgIpc) is 2.37. The van der Waals surface area contributed by atoms with Crippen molar-refractivity contribution < 1.29 is 13.7 Å². The molecule has 1 rings (SSSR count). The average molecular weight is 269 g/mol. The minimum atomic E-state index is -0.983. The maximum Gasteiger partial charge on any atom is 0.249 e. The molecule has 0 saturated carbocycles. The largest absolute Gasteiger partial charge is 0.372 e. The van der Waals surface area contributed by atoms with Crippen molar-refractivity contribution in [3.63, 3.8) is 0 Å². The summed E-state index contributed by atoms with van der Waals surface area (Å²) in [6.07, 6.45) is 1.11. The van der Waals surface area contributed by atoms with E-state index in [4.69, 9.17) is 4.74 Å². The molecule has 0 unspecified atom stereocenters. The summed E-state index contributed by atoms with van der Waals surface area (Å²) in [6.45, 7) is 1.68. The molecule has 0 aliphatic carbocycles. The van der Waals surface area contributed by atoms with Crippen molar-refractivity contribution in [3.8, 4) is 0 Å². The maximum absolute atomic E-state index is 11.8. The Kier molecular flexibility index (Phi) is 6.01. The molecule has 100 valence electrons. The molecule has 5 heteroatoms. The molecule has 0 spiro atoms. The molecule has 0 saturated heterocycles. The second kappa shape index (κ2) is 7.28. The predicted octanol–water partition coefficient (Wildman–Crippen LogP) is 1.26. The molecule has 0 aliphatic rings. The van der Waals surface area contributed by atoms with Crippen LogP contribution in [0.3, 0.4) is 0 Å². The predicted molar refractivity (Wildman–Crippen MR) is 72.7 cm³/mol. The van der Waals surface area contributed by atoms with E-state index in [0.29, 0.717) is 5.75 Å². The summed E-state index contributed by atoms with van der Waals surface area (Å²) < 4.78 is 16.3. The fraction of sp³-hybridized carbons (Fsp3) is 0.462. The quantitative estimate of drug-likeness (QED) is 0.846. The van der Waals surface area contributed by atoms with Gasteiger partial charge in [0.2, 0.25) is 5.91 Å². The molecule has 4 nitrogen and oxygen atoms in total. The van der Waals surface area contributed by atoms with Crippen LogP contribution in [0.1, 0.15) is 18.5 Å². The third kappa shape index (κ3) is 4.58. The molecule has 1 aromatic carbocycles. The number of hydrogen-bond donors (Lipinski definition) is 1. The van der Waals surface area contributed by atoms with Gasteiger partial charge in [0.15, 0.2) is 0 Å². The van der Waals surface area contributed by atoms with Gasteiger partial charge in [0.25, 0.3) is 0 Å². The number of nitrogens with one attached hydrogen (secondary N) is 1. The third-order valence-electron chi connectivity index (χ3n) is 2.64. The lowest BCUT2D eigenvalue weighted by atomic mass is 10.1. The molecule has 1 aromatic rings. The van der Waals surface area contributed by atoms with Crippen LogP contribution < -0.4 is 5.32 Å². The molecular weight excluding hydrogens is 250 g/mol. The van der Waals surface area contributed by atoms with Crippen molar-refractivity contribution in [1.82, 2.24) is 5.32 Å². The van der Waals surface area contributed by atoms with Gasteiger partial charge in [-0.3, -0.25) is 9.00 Å². The summed E-state index contributed by atoms with van der Waals surface area (Å²) in [4.78, 5) is 11.8. The van der Waals surface area contributed by atoms with Gasteiger partial charge < -0.3 is 10.1 Å². The van der Waals surface area contributed by atoms with Gasteiger partial charge in [0.05, 0.1) is 6.04 Å². The highest BCUT2D eigenvalue weighted by Crippen LogP contribution is 2.14. The summed E-state index contributed by atoms with van der Waals surface area (Å²) in [7, 11) is 0.503. The van der Waals surface area contributed by atoms with Gasteiger partial charge >= 0.3 is 0 Å². The molecular formula is C13H19NO3S. The normalized spacial score (nSPS) is 15.7.